The summed E-state index contributed by atoms with van der Waals surface area (Å²) in [6.07, 6.45) is -0.569. The third-order valence-corrected chi connectivity index (χ3v) is 1.52. The highest BCUT2D eigenvalue weighted by Gasteiger charge is 2.18. The standard InChI is InChI=1S/C6H13NO4/c1-5(4-7(10)11)6(9)2-3-8/h5-6,8-9H,2-4H2,1H3. The molecule has 2 N–H and O–H groups in total. The van der Waals surface area contributed by atoms with Gasteiger partial charge in [-0.15, -0.1) is 0 Å². The maximum Gasteiger partial charge on any atom is 0.208 e. The Kier molecular flexibility index (Phi) is 4.72. The molecule has 0 rings (SSSR count). The van der Waals surface area contributed by atoms with Gasteiger partial charge in [0.1, 0.15) is 0 Å². The smallest absolute Gasteiger partial charge is 0.208 e. The zero-order valence-corrected chi connectivity index (χ0v) is 6.43. The van der Waals surface area contributed by atoms with Gasteiger partial charge in [0.25, 0.3) is 0 Å². The van der Waals surface area contributed by atoms with Crippen LogP contribution in [0.2, 0.25) is 0 Å². The summed E-state index contributed by atoms with van der Waals surface area (Å²) in [7, 11) is 0. The van der Waals surface area contributed by atoms with E-state index in [1.54, 1.807) is 6.92 Å². The van der Waals surface area contributed by atoms with Gasteiger partial charge in [0.05, 0.1) is 6.10 Å². The van der Waals surface area contributed by atoms with E-state index >= 15 is 0 Å². The first-order valence-corrected chi connectivity index (χ1v) is 3.48. The van der Waals surface area contributed by atoms with E-state index in [0.29, 0.717) is 0 Å². The molecule has 0 spiro atoms. The van der Waals surface area contributed by atoms with Crippen LogP contribution in [0.5, 0.6) is 0 Å². The molecule has 0 heterocycles. The monoisotopic (exact) mass is 163 g/mol. The van der Waals surface area contributed by atoms with Crippen LogP contribution in [0.15, 0.2) is 0 Å². The molecule has 2 atom stereocenters. The van der Waals surface area contributed by atoms with Crippen molar-refractivity contribution in [1.82, 2.24) is 0 Å². The van der Waals surface area contributed by atoms with Crippen molar-refractivity contribution in [3.63, 3.8) is 0 Å². The van der Waals surface area contributed by atoms with Gasteiger partial charge >= 0.3 is 0 Å². The molecule has 0 fully saturated rings. The summed E-state index contributed by atoms with van der Waals surface area (Å²) < 4.78 is 0. The molecule has 0 aromatic rings. The molecule has 0 aliphatic heterocycles. The van der Waals surface area contributed by atoms with Crippen molar-refractivity contribution in [3.8, 4) is 0 Å². The summed E-state index contributed by atoms with van der Waals surface area (Å²) in [4.78, 5) is 9.48. The van der Waals surface area contributed by atoms with Gasteiger partial charge in [-0.25, -0.2) is 0 Å². The number of rotatable bonds is 5. The molecule has 0 aliphatic carbocycles. The molecule has 0 saturated heterocycles. The summed E-state index contributed by atoms with van der Waals surface area (Å²) in [5, 5.41) is 27.4. The predicted molar refractivity (Wildman–Crippen MR) is 38.7 cm³/mol. The third kappa shape index (κ3) is 4.69. The van der Waals surface area contributed by atoms with Gasteiger partial charge in [-0.3, -0.25) is 10.1 Å². The van der Waals surface area contributed by atoms with E-state index in [4.69, 9.17) is 10.2 Å². The molecule has 11 heavy (non-hydrogen) atoms. The quantitative estimate of drug-likeness (QED) is 0.428. The molecule has 0 bridgehead atoms. The summed E-state index contributed by atoms with van der Waals surface area (Å²) in [6, 6.07) is 0. The minimum Gasteiger partial charge on any atom is -0.396 e. The van der Waals surface area contributed by atoms with Crippen LogP contribution in [-0.2, 0) is 0 Å². The van der Waals surface area contributed by atoms with E-state index in [1.807, 2.05) is 0 Å². The fourth-order valence-corrected chi connectivity index (χ4v) is 0.774. The second-order valence-corrected chi connectivity index (χ2v) is 2.57. The number of hydrogen-bond acceptors (Lipinski definition) is 4. The van der Waals surface area contributed by atoms with Gasteiger partial charge in [-0.2, -0.15) is 0 Å². The molecule has 5 heteroatoms. The molecule has 2 unspecified atom stereocenters. The first-order chi connectivity index (χ1) is 5.07. The van der Waals surface area contributed by atoms with Crippen molar-refractivity contribution >= 4 is 0 Å². The second-order valence-electron chi connectivity index (χ2n) is 2.57. The maximum absolute atomic E-state index is 9.95. The van der Waals surface area contributed by atoms with Crippen molar-refractivity contribution in [1.29, 1.82) is 0 Å². The molecule has 0 amide bonds. The van der Waals surface area contributed by atoms with Crippen molar-refractivity contribution < 1.29 is 15.1 Å². The Morgan fingerprint density at radius 1 is 1.64 bits per heavy atom. The van der Waals surface area contributed by atoms with Crippen LogP contribution in [0.25, 0.3) is 0 Å². The Morgan fingerprint density at radius 3 is 2.55 bits per heavy atom. The summed E-state index contributed by atoms with van der Waals surface area (Å²) >= 11 is 0. The van der Waals surface area contributed by atoms with Gasteiger partial charge in [0.15, 0.2) is 0 Å². The molecule has 0 aromatic carbocycles. The van der Waals surface area contributed by atoms with Gasteiger partial charge in [0, 0.05) is 17.4 Å². The Morgan fingerprint density at radius 2 is 2.18 bits per heavy atom. The lowest BCUT2D eigenvalue weighted by atomic mass is 10.0. The van der Waals surface area contributed by atoms with E-state index in [2.05, 4.69) is 0 Å². The summed E-state index contributed by atoms with van der Waals surface area (Å²) in [5.74, 6) is -0.392. The molecule has 0 radical (unpaired) electrons. The summed E-state index contributed by atoms with van der Waals surface area (Å²) in [5.41, 5.74) is 0. The van der Waals surface area contributed by atoms with E-state index in [-0.39, 0.29) is 19.6 Å². The van der Waals surface area contributed by atoms with Crippen LogP contribution in [-0.4, -0.2) is 34.4 Å². The Hall–Kier alpha value is -0.680. The van der Waals surface area contributed by atoms with Gasteiger partial charge in [-0.05, 0) is 6.42 Å². The number of hydrogen-bond donors (Lipinski definition) is 2. The first kappa shape index (κ1) is 10.3. The zero-order chi connectivity index (χ0) is 8.85. The maximum atomic E-state index is 9.95. The molecule has 0 aromatic heterocycles. The van der Waals surface area contributed by atoms with Crippen molar-refractivity contribution in [2.45, 2.75) is 19.4 Å². The lowest BCUT2D eigenvalue weighted by Gasteiger charge is -2.12. The Bertz CT molecular complexity index is 128. The zero-order valence-electron chi connectivity index (χ0n) is 6.43. The SMILES string of the molecule is CC(C[N+](=O)[O-])C(O)CCO. The van der Waals surface area contributed by atoms with Crippen LogP contribution in [0, 0.1) is 16.0 Å². The van der Waals surface area contributed by atoms with Gasteiger partial charge in [-0.1, -0.05) is 6.92 Å². The van der Waals surface area contributed by atoms with E-state index < -0.39 is 16.9 Å². The predicted octanol–water partition coefficient (Wildman–Crippen LogP) is -0.358. The fraction of sp³-hybridized carbons (Fsp3) is 1.00. The normalized spacial score (nSPS) is 15.9. The second kappa shape index (κ2) is 5.03. The average Bonchev–Trinajstić information content (AvgIpc) is 1.86. The van der Waals surface area contributed by atoms with Crippen LogP contribution >= 0.6 is 0 Å². The molecule has 0 aliphatic rings. The lowest BCUT2D eigenvalue weighted by Crippen LogP contribution is -2.25. The van der Waals surface area contributed by atoms with E-state index in [0.717, 1.165) is 0 Å². The van der Waals surface area contributed by atoms with Crippen LogP contribution in [0.1, 0.15) is 13.3 Å². The van der Waals surface area contributed by atoms with Crippen molar-refractivity contribution in [2.75, 3.05) is 13.2 Å². The van der Waals surface area contributed by atoms with E-state index in [9.17, 15) is 10.1 Å². The summed E-state index contributed by atoms with van der Waals surface area (Å²) in [6.45, 7) is 1.20. The number of aliphatic hydroxyl groups is 2. The highest BCUT2D eigenvalue weighted by molar-refractivity contribution is 4.62. The van der Waals surface area contributed by atoms with Crippen LogP contribution in [0.3, 0.4) is 0 Å². The average molecular weight is 163 g/mol. The Balaban J connectivity index is 3.63. The van der Waals surface area contributed by atoms with Gasteiger partial charge < -0.3 is 10.2 Å². The van der Waals surface area contributed by atoms with Crippen LogP contribution < -0.4 is 0 Å². The highest BCUT2D eigenvalue weighted by atomic mass is 16.6. The molecule has 66 valence electrons. The fourth-order valence-electron chi connectivity index (χ4n) is 0.774. The highest BCUT2D eigenvalue weighted by Crippen LogP contribution is 2.05. The number of aliphatic hydroxyl groups excluding tert-OH is 2. The van der Waals surface area contributed by atoms with Crippen LogP contribution in [0.4, 0.5) is 0 Å². The minimum atomic E-state index is -0.773. The van der Waals surface area contributed by atoms with Crippen molar-refractivity contribution in [3.05, 3.63) is 10.1 Å². The lowest BCUT2D eigenvalue weighted by molar-refractivity contribution is -0.489. The number of nitro groups is 1. The van der Waals surface area contributed by atoms with Gasteiger partial charge in [0.2, 0.25) is 6.54 Å². The first-order valence-electron chi connectivity index (χ1n) is 3.48. The largest absolute Gasteiger partial charge is 0.396 e. The minimum absolute atomic E-state index is 0.136. The topological polar surface area (TPSA) is 83.6 Å². The molecular weight excluding hydrogens is 150 g/mol. The molecular formula is C6H13NO4. The number of nitrogens with zero attached hydrogens (tertiary/aromatic N) is 1. The molecule has 0 saturated carbocycles. The Labute approximate surface area is 64.8 Å². The molecule has 5 nitrogen and oxygen atoms in total. The van der Waals surface area contributed by atoms with Crippen molar-refractivity contribution in [2.24, 2.45) is 5.92 Å². The van der Waals surface area contributed by atoms with E-state index in [1.165, 1.54) is 0 Å². The third-order valence-electron chi connectivity index (χ3n) is 1.52.